The van der Waals surface area contributed by atoms with Crippen LogP contribution in [0.5, 0.6) is 0 Å². The number of carbonyl (C=O) groups excluding carboxylic acids is 1. The number of amides is 1. The van der Waals surface area contributed by atoms with Crippen LogP contribution in [0.2, 0.25) is 0 Å². The molecule has 6 aromatic rings. The first-order chi connectivity index (χ1) is 20.0. The maximum absolute atomic E-state index is 12.8. The standard InChI is InChI=1S/C34H27IN4OS/c1-3-7-22-10-11-24(26-14-27(35)17-28(15-26)37-34(40)23-8-5-4-6-9-23)16-29(22)21(2)33-38-31-19-36-18-30(32(31)39-33)25-12-13-41-20-25/h4-6,8-20H,2-3,7H2,1H3,(H,37,40)(H,38,39). The minimum atomic E-state index is -0.132. The molecular weight excluding hydrogens is 639 g/mol. The van der Waals surface area contributed by atoms with Gasteiger partial charge in [0.25, 0.3) is 5.91 Å². The summed E-state index contributed by atoms with van der Waals surface area (Å²) in [6.45, 7) is 6.68. The van der Waals surface area contributed by atoms with Crippen LogP contribution in [0.1, 0.15) is 40.7 Å². The van der Waals surface area contributed by atoms with E-state index in [1.165, 1.54) is 5.56 Å². The molecule has 0 aliphatic heterocycles. The zero-order valence-electron chi connectivity index (χ0n) is 22.4. The van der Waals surface area contributed by atoms with Crippen molar-refractivity contribution in [2.45, 2.75) is 19.8 Å². The number of aromatic amines is 1. The number of rotatable bonds is 8. The average Bonchev–Trinajstić information content (AvgIpc) is 3.68. The molecule has 0 fully saturated rings. The second-order valence-corrected chi connectivity index (χ2v) is 11.9. The highest BCUT2D eigenvalue weighted by Gasteiger charge is 2.17. The number of aromatic nitrogens is 3. The highest BCUT2D eigenvalue weighted by molar-refractivity contribution is 14.1. The number of thiophene rings is 1. The Bertz CT molecular complexity index is 1880. The number of carbonyl (C=O) groups is 1. The number of hydrogen-bond donors (Lipinski definition) is 2. The van der Waals surface area contributed by atoms with E-state index in [2.05, 4.69) is 92.5 Å². The van der Waals surface area contributed by atoms with Crippen LogP contribution in [-0.2, 0) is 6.42 Å². The monoisotopic (exact) mass is 666 g/mol. The maximum Gasteiger partial charge on any atom is 0.255 e. The molecule has 2 N–H and O–H groups in total. The number of anilines is 1. The van der Waals surface area contributed by atoms with Crippen LogP contribution >= 0.6 is 33.9 Å². The van der Waals surface area contributed by atoms with Crippen molar-refractivity contribution >= 4 is 62.1 Å². The molecular formula is C34H27IN4OS. The second-order valence-electron chi connectivity index (χ2n) is 9.83. The third-order valence-electron chi connectivity index (χ3n) is 6.99. The van der Waals surface area contributed by atoms with Gasteiger partial charge in [0.15, 0.2) is 0 Å². The van der Waals surface area contributed by atoms with E-state index in [0.29, 0.717) is 5.56 Å². The Morgan fingerprint density at radius 3 is 2.63 bits per heavy atom. The van der Waals surface area contributed by atoms with Crippen molar-refractivity contribution in [3.63, 3.8) is 0 Å². The molecule has 0 aliphatic rings. The minimum Gasteiger partial charge on any atom is -0.337 e. The summed E-state index contributed by atoms with van der Waals surface area (Å²) >= 11 is 3.95. The molecule has 1 amide bonds. The van der Waals surface area contributed by atoms with Crippen molar-refractivity contribution in [2.24, 2.45) is 0 Å². The average molecular weight is 667 g/mol. The Balaban J connectivity index is 1.37. The largest absolute Gasteiger partial charge is 0.337 e. The molecule has 0 saturated heterocycles. The van der Waals surface area contributed by atoms with E-state index in [4.69, 9.17) is 4.98 Å². The minimum absolute atomic E-state index is 0.132. The van der Waals surface area contributed by atoms with E-state index < -0.39 is 0 Å². The zero-order chi connectivity index (χ0) is 28.3. The fourth-order valence-electron chi connectivity index (χ4n) is 4.98. The van der Waals surface area contributed by atoms with E-state index >= 15 is 0 Å². The number of aryl methyl sites for hydroxylation is 1. The number of pyridine rings is 1. The summed E-state index contributed by atoms with van der Waals surface area (Å²) in [5, 5.41) is 7.23. The predicted octanol–water partition coefficient (Wildman–Crippen LogP) is 9.22. The molecule has 0 spiro atoms. The van der Waals surface area contributed by atoms with Crippen LogP contribution < -0.4 is 5.32 Å². The molecule has 5 nitrogen and oxygen atoms in total. The molecule has 0 radical (unpaired) electrons. The molecule has 0 unspecified atom stereocenters. The summed E-state index contributed by atoms with van der Waals surface area (Å²) in [5.41, 5.74) is 10.5. The Kier molecular flexibility index (Phi) is 7.80. The SMILES string of the molecule is C=C(c1nc2c(-c3ccsc3)cncc2[nH]1)c1cc(-c2cc(I)cc(NC(=O)c3ccccc3)c2)ccc1CCC. The summed E-state index contributed by atoms with van der Waals surface area (Å²) in [7, 11) is 0. The summed E-state index contributed by atoms with van der Waals surface area (Å²) in [4.78, 5) is 25.7. The first-order valence-electron chi connectivity index (χ1n) is 13.4. The van der Waals surface area contributed by atoms with Gasteiger partial charge in [0.1, 0.15) is 5.82 Å². The van der Waals surface area contributed by atoms with Crippen molar-refractivity contribution < 1.29 is 4.79 Å². The van der Waals surface area contributed by atoms with Gasteiger partial charge in [0.2, 0.25) is 0 Å². The normalized spacial score (nSPS) is 11.1. The molecule has 202 valence electrons. The fourth-order valence-corrected chi connectivity index (χ4v) is 6.30. The lowest BCUT2D eigenvalue weighted by atomic mass is 9.92. The molecule has 0 aliphatic carbocycles. The summed E-state index contributed by atoms with van der Waals surface area (Å²) in [6.07, 6.45) is 5.63. The number of benzene rings is 3. The van der Waals surface area contributed by atoms with Crippen molar-refractivity contribution in [1.82, 2.24) is 15.0 Å². The second kappa shape index (κ2) is 11.8. The van der Waals surface area contributed by atoms with Crippen molar-refractivity contribution in [3.8, 4) is 22.3 Å². The zero-order valence-corrected chi connectivity index (χ0v) is 25.4. The van der Waals surface area contributed by atoms with Gasteiger partial charge in [0.05, 0.1) is 17.2 Å². The molecule has 41 heavy (non-hydrogen) atoms. The molecule has 6 rings (SSSR count). The van der Waals surface area contributed by atoms with Crippen molar-refractivity contribution in [1.29, 1.82) is 0 Å². The number of hydrogen-bond acceptors (Lipinski definition) is 4. The molecule has 7 heteroatoms. The van der Waals surface area contributed by atoms with E-state index in [-0.39, 0.29) is 5.91 Å². The molecule has 0 atom stereocenters. The summed E-state index contributed by atoms with van der Waals surface area (Å²) in [6, 6.07) is 24.0. The lowest BCUT2D eigenvalue weighted by Gasteiger charge is -2.14. The van der Waals surface area contributed by atoms with Crippen LogP contribution in [0.3, 0.4) is 0 Å². The van der Waals surface area contributed by atoms with Crippen molar-refractivity contribution in [2.75, 3.05) is 5.32 Å². The van der Waals surface area contributed by atoms with Crippen LogP contribution in [-0.4, -0.2) is 20.9 Å². The van der Waals surface area contributed by atoms with Crippen molar-refractivity contribution in [3.05, 3.63) is 129 Å². The van der Waals surface area contributed by atoms with Crippen LogP contribution in [0.4, 0.5) is 5.69 Å². The third kappa shape index (κ3) is 5.73. The van der Waals surface area contributed by atoms with E-state index in [1.807, 2.05) is 54.9 Å². The van der Waals surface area contributed by atoms with Gasteiger partial charge in [-0.05, 0) is 110 Å². The van der Waals surface area contributed by atoms with Gasteiger partial charge in [-0.15, -0.1) is 0 Å². The lowest BCUT2D eigenvalue weighted by Crippen LogP contribution is -2.11. The summed E-state index contributed by atoms with van der Waals surface area (Å²) in [5.74, 6) is 0.601. The van der Waals surface area contributed by atoms with Crippen LogP contribution in [0.15, 0.2) is 103 Å². The number of nitrogens with one attached hydrogen (secondary N) is 2. The number of fused-ring (bicyclic) bond motifs is 1. The van der Waals surface area contributed by atoms with Gasteiger partial charge in [-0.1, -0.05) is 50.3 Å². The van der Waals surface area contributed by atoms with Gasteiger partial charge in [0, 0.05) is 32.2 Å². The van der Waals surface area contributed by atoms with Gasteiger partial charge in [-0.2, -0.15) is 11.3 Å². The van der Waals surface area contributed by atoms with Gasteiger partial charge in [-0.3, -0.25) is 9.78 Å². The van der Waals surface area contributed by atoms with Crippen LogP contribution in [0, 0.1) is 3.57 Å². The van der Waals surface area contributed by atoms with Gasteiger partial charge < -0.3 is 10.3 Å². The highest BCUT2D eigenvalue weighted by Crippen LogP contribution is 2.34. The Hall–Kier alpha value is -4.08. The van der Waals surface area contributed by atoms with Gasteiger partial charge in [-0.25, -0.2) is 4.98 Å². The van der Waals surface area contributed by atoms with E-state index in [9.17, 15) is 4.79 Å². The number of nitrogens with zero attached hydrogens (tertiary/aromatic N) is 2. The quantitative estimate of drug-likeness (QED) is 0.159. The third-order valence-corrected chi connectivity index (χ3v) is 8.30. The Labute approximate surface area is 256 Å². The molecule has 3 aromatic carbocycles. The maximum atomic E-state index is 12.8. The first kappa shape index (κ1) is 27.1. The highest BCUT2D eigenvalue weighted by atomic mass is 127. The van der Waals surface area contributed by atoms with E-state index in [0.717, 1.165) is 72.3 Å². The predicted molar refractivity (Wildman–Crippen MR) is 178 cm³/mol. The Morgan fingerprint density at radius 2 is 1.85 bits per heavy atom. The topological polar surface area (TPSA) is 70.7 Å². The van der Waals surface area contributed by atoms with E-state index in [1.54, 1.807) is 11.3 Å². The number of imidazole rings is 1. The molecule has 3 aromatic heterocycles. The Morgan fingerprint density at radius 1 is 1.00 bits per heavy atom. The molecule has 0 saturated carbocycles. The van der Waals surface area contributed by atoms with Gasteiger partial charge >= 0.3 is 0 Å². The lowest BCUT2D eigenvalue weighted by molar-refractivity contribution is 0.102. The molecule has 3 heterocycles. The van der Waals surface area contributed by atoms with Crippen LogP contribution in [0.25, 0.3) is 38.9 Å². The molecule has 0 bridgehead atoms. The first-order valence-corrected chi connectivity index (χ1v) is 15.4. The number of halogens is 1. The smallest absolute Gasteiger partial charge is 0.255 e. The fraction of sp³-hybridized carbons (Fsp3) is 0.0882. The number of H-pyrrole nitrogens is 1. The summed E-state index contributed by atoms with van der Waals surface area (Å²) < 4.78 is 1.03.